The van der Waals surface area contributed by atoms with Crippen LogP contribution >= 0.6 is 11.3 Å². The van der Waals surface area contributed by atoms with Gasteiger partial charge < -0.3 is 10.0 Å². The van der Waals surface area contributed by atoms with Gasteiger partial charge in [-0.2, -0.15) is 0 Å². The molecule has 156 valence electrons. The van der Waals surface area contributed by atoms with Crippen molar-refractivity contribution < 1.29 is 9.90 Å². The topological polar surface area (TPSA) is 47.0 Å². The Kier molecular flexibility index (Phi) is 6.65. The maximum absolute atomic E-state index is 13.7. The van der Waals surface area contributed by atoms with Gasteiger partial charge in [-0.3, -0.25) is 14.6 Å². The third-order valence-electron chi connectivity index (χ3n) is 6.32. The number of piperazine rings is 1. The van der Waals surface area contributed by atoms with E-state index in [4.69, 9.17) is 0 Å². The van der Waals surface area contributed by atoms with Crippen molar-refractivity contribution in [2.45, 2.75) is 44.5 Å². The summed E-state index contributed by atoms with van der Waals surface area (Å²) in [6, 6.07) is 14.0. The first-order chi connectivity index (χ1) is 14.1. The van der Waals surface area contributed by atoms with E-state index in [1.165, 1.54) is 4.88 Å². The van der Waals surface area contributed by atoms with Gasteiger partial charge in [-0.1, -0.05) is 36.4 Å². The van der Waals surface area contributed by atoms with Crippen LogP contribution in [-0.4, -0.2) is 70.6 Å². The highest BCUT2D eigenvalue weighted by Crippen LogP contribution is 2.31. The Bertz CT molecular complexity index is 775. The fourth-order valence-electron chi connectivity index (χ4n) is 4.55. The second kappa shape index (κ2) is 9.39. The van der Waals surface area contributed by atoms with Gasteiger partial charge in [0.1, 0.15) is 6.04 Å². The molecule has 1 aromatic heterocycles. The van der Waals surface area contributed by atoms with Crippen molar-refractivity contribution in [1.29, 1.82) is 0 Å². The van der Waals surface area contributed by atoms with Gasteiger partial charge in [0.25, 0.3) is 0 Å². The minimum atomic E-state index is -0.370. The van der Waals surface area contributed by atoms with Crippen LogP contribution in [0.5, 0.6) is 0 Å². The van der Waals surface area contributed by atoms with Gasteiger partial charge >= 0.3 is 0 Å². The second-order valence-electron chi connectivity index (χ2n) is 8.18. The summed E-state index contributed by atoms with van der Waals surface area (Å²) in [7, 11) is 0. The van der Waals surface area contributed by atoms with Crippen LogP contribution in [0.4, 0.5) is 0 Å². The summed E-state index contributed by atoms with van der Waals surface area (Å²) >= 11 is 1.79. The molecule has 0 saturated carbocycles. The zero-order chi connectivity index (χ0) is 20.2. The molecule has 1 amide bonds. The lowest BCUT2D eigenvalue weighted by molar-refractivity contribution is -0.142. The molecule has 2 aromatic rings. The SMILES string of the molecule is CC1C(O)CCCN1C(C(=O)N1CCN(Cc2cccs2)CC1)c1ccccc1. The first kappa shape index (κ1) is 20.5. The van der Waals surface area contributed by atoms with Crippen molar-refractivity contribution in [3.63, 3.8) is 0 Å². The van der Waals surface area contributed by atoms with Crippen molar-refractivity contribution in [3.8, 4) is 0 Å². The van der Waals surface area contributed by atoms with Crippen molar-refractivity contribution >= 4 is 17.2 Å². The number of carbonyl (C=O) groups is 1. The minimum absolute atomic E-state index is 0.0157. The van der Waals surface area contributed by atoms with E-state index in [1.54, 1.807) is 11.3 Å². The van der Waals surface area contributed by atoms with E-state index in [0.717, 1.165) is 57.7 Å². The molecule has 3 atom stereocenters. The zero-order valence-corrected chi connectivity index (χ0v) is 17.9. The maximum Gasteiger partial charge on any atom is 0.244 e. The Hall–Kier alpha value is -1.73. The smallest absolute Gasteiger partial charge is 0.244 e. The molecule has 3 unspecified atom stereocenters. The fourth-order valence-corrected chi connectivity index (χ4v) is 5.29. The average Bonchev–Trinajstić information content (AvgIpc) is 3.26. The van der Waals surface area contributed by atoms with E-state index in [1.807, 2.05) is 42.2 Å². The standard InChI is InChI=1S/C23H31N3O2S/c1-18-21(27)10-5-11-26(18)22(19-7-3-2-4-8-19)23(28)25-14-12-24(13-15-25)17-20-9-6-16-29-20/h2-4,6-9,16,18,21-22,27H,5,10-15,17H2,1H3. The molecule has 3 heterocycles. The summed E-state index contributed by atoms with van der Waals surface area (Å²) in [5.41, 5.74) is 1.03. The van der Waals surface area contributed by atoms with Crippen LogP contribution in [0.15, 0.2) is 47.8 Å². The summed E-state index contributed by atoms with van der Waals surface area (Å²) in [5, 5.41) is 12.5. The number of benzene rings is 1. The van der Waals surface area contributed by atoms with E-state index in [0.29, 0.717) is 0 Å². The molecule has 1 aromatic carbocycles. The van der Waals surface area contributed by atoms with Gasteiger partial charge in [0, 0.05) is 43.6 Å². The Morgan fingerprint density at radius 2 is 1.86 bits per heavy atom. The molecular weight excluding hydrogens is 382 g/mol. The van der Waals surface area contributed by atoms with E-state index < -0.39 is 0 Å². The van der Waals surface area contributed by atoms with Crippen LogP contribution in [0, 0.1) is 0 Å². The molecule has 5 nitrogen and oxygen atoms in total. The Labute approximate surface area is 177 Å². The minimum Gasteiger partial charge on any atom is -0.392 e. The third-order valence-corrected chi connectivity index (χ3v) is 7.18. The summed E-state index contributed by atoms with van der Waals surface area (Å²) in [5.74, 6) is 0.174. The van der Waals surface area contributed by atoms with Crippen LogP contribution in [0.2, 0.25) is 0 Å². The first-order valence-electron chi connectivity index (χ1n) is 10.7. The highest BCUT2D eigenvalue weighted by atomic mass is 32.1. The molecule has 0 spiro atoms. The van der Waals surface area contributed by atoms with Gasteiger partial charge in [-0.15, -0.1) is 11.3 Å². The lowest BCUT2D eigenvalue weighted by atomic mass is 9.94. The van der Waals surface area contributed by atoms with E-state index in [9.17, 15) is 9.90 Å². The number of thiophene rings is 1. The molecular formula is C23H31N3O2S. The van der Waals surface area contributed by atoms with Crippen molar-refractivity contribution in [2.75, 3.05) is 32.7 Å². The van der Waals surface area contributed by atoms with Crippen LogP contribution < -0.4 is 0 Å². The summed E-state index contributed by atoms with van der Waals surface area (Å²) in [6.45, 7) is 7.20. The fraction of sp³-hybridized carbons (Fsp3) is 0.522. The van der Waals surface area contributed by atoms with Crippen molar-refractivity contribution in [2.24, 2.45) is 0 Å². The predicted octanol–water partition coefficient (Wildman–Crippen LogP) is 2.98. The van der Waals surface area contributed by atoms with Crippen LogP contribution in [0.3, 0.4) is 0 Å². The monoisotopic (exact) mass is 413 g/mol. The van der Waals surface area contributed by atoms with E-state index in [2.05, 4.69) is 27.3 Å². The highest BCUT2D eigenvalue weighted by molar-refractivity contribution is 7.09. The molecule has 0 bridgehead atoms. The van der Waals surface area contributed by atoms with Gasteiger partial charge in [0.2, 0.25) is 5.91 Å². The number of rotatable bonds is 5. The predicted molar refractivity (Wildman–Crippen MR) is 117 cm³/mol. The summed E-state index contributed by atoms with van der Waals surface area (Å²) in [6.07, 6.45) is 1.37. The zero-order valence-electron chi connectivity index (χ0n) is 17.1. The Morgan fingerprint density at radius 3 is 2.55 bits per heavy atom. The molecule has 4 rings (SSSR count). The molecule has 2 aliphatic rings. The van der Waals surface area contributed by atoms with E-state index >= 15 is 0 Å². The lowest BCUT2D eigenvalue weighted by Crippen LogP contribution is -2.55. The van der Waals surface area contributed by atoms with Crippen LogP contribution in [-0.2, 0) is 11.3 Å². The number of likely N-dealkylation sites (tertiary alicyclic amines) is 1. The molecule has 0 aliphatic carbocycles. The largest absolute Gasteiger partial charge is 0.392 e. The quantitative estimate of drug-likeness (QED) is 0.819. The Balaban J connectivity index is 1.47. The molecule has 2 aliphatic heterocycles. The number of piperidine rings is 1. The number of aliphatic hydroxyl groups excluding tert-OH is 1. The third kappa shape index (κ3) is 4.72. The summed E-state index contributed by atoms with van der Waals surface area (Å²) < 4.78 is 0. The molecule has 2 saturated heterocycles. The second-order valence-corrected chi connectivity index (χ2v) is 9.21. The number of amides is 1. The van der Waals surface area contributed by atoms with E-state index in [-0.39, 0.29) is 24.1 Å². The molecule has 2 fully saturated rings. The van der Waals surface area contributed by atoms with Crippen LogP contribution in [0.1, 0.15) is 36.2 Å². The first-order valence-corrected chi connectivity index (χ1v) is 11.5. The van der Waals surface area contributed by atoms with Gasteiger partial charge in [0.15, 0.2) is 0 Å². The lowest BCUT2D eigenvalue weighted by Gasteiger charge is -2.44. The number of hydrogen-bond donors (Lipinski definition) is 1. The normalized spacial score (nSPS) is 25.1. The number of nitrogens with zero attached hydrogens (tertiary/aromatic N) is 3. The van der Waals surface area contributed by atoms with Gasteiger partial charge in [-0.05, 0) is 43.3 Å². The van der Waals surface area contributed by atoms with Gasteiger partial charge in [0.05, 0.1) is 6.10 Å². The van der Waals surface area contributed by atoms with Gasteiger partial charge in [-0.25, -0.2) is 0 Å². The maximum atomic E-state index is 13.7. The number of carbonyl (C=O) groups excluding carboxylic acids is 1. The molecule has 1 N–H and O–H groups in total. The average molecular weight is 414 g/mol. The highest BCUT2D eigenvalue weighted by Gasteiger charge is 2.38. The molecule has 29 heavy (non-hydrogen) atoms. The number of hydrogen-bond acceptors (Lipinski definition) is 5. The van der Waals surface area contributed by atoms with Crippen LogP contribution in [0.25, 0.3) is 0 Å². The molecule has 6 heteroatoms. The Morgan fingerprint density at radius 1 is 1.10 bits per heavy atom. The van der Waals surface area contributed by atoms with Crippen molar-refractivity contribution in [3.05, 3.63) is 58.3 Å². The van der Waals surface area contributed by atoms with Crippen molar-refractivity contribution in [1.82, 2.24) is 14.7 Å². The molecule has 0 radical (unpaired) electrons. The number of aliphatic hydroxyl groups is 1. The summed E-state index contributed by atoms with van der Waals surface area (Å²) in [4.78, 5) is 21.7.